The Morgan fingerprint density at radius 2 is 2.04 bits per heavy atom. The van der Waals surface area contributed by atoms with Gasteiger partial charge >= 0.3 is 0 Å². The van der Waals surface area contributed by atoms with Gasteiger partial charge in [-0.25, -0.2) is 9.97 Å². The predicted molar refractivity (Wildman–Crippen MR) is 95.5 cm³/mol. The molecule has 0 atom stereocenters. The van der Waals surface area contributed by atoms with Crippen molar-refractivity contribution in [1.82, 2.24) is 9.97 Å². The van der Waals surface area contributed by atoms with E-state index in [2.05, 4.69) is 15.3 Å². The molecular weight excluding hydrogens is 356 g/mol. The number of ether oxygens (including phenoxy) is 1. The molecule has 1 aliphatic rings. The van der Waals surface area contributed by atoms with Crippen LogP contribution in [0.5, 0.6) is 0 Å². The highest BCUT2D eigenvalue weighted by atomic mass is 35.5. The molecule has 3 rings (SSSR count). The molecule has 0 spiro atoms. The Labute approximate surface area is 148 Å². The lowest BCUT2D eigenvalue weighted by molar-refractivity contribution is -0.124. The molecule has 2 aromatic rings. The molecule has 9 heteroatoms. The van der Waals surface area contributed by atoms with Gasteiger partial charge in [0.05, 0.1) is 21.3 Å². The van der Waals surface area contributed by atoms with E-state index in [-0.39, 0.29) is 18.3 Å². The van der Waals surface area contributed by atoms with E-state index in [1.807, 2.05) is 19.2 Å². The number of thiazole rings is 2. The zero-order chi connectivity index (χ0) is 15.7. The van der Waals surface area contributed by atoms with Gasteiger partial charge in [0, 0.05) is 18.6 Å². The second kappa shape index (κ2) is 7.23. The van der Waals surface area contributed by atoms with Gasteiger partial charge in [0.25, 0.3) is 0 Å². The number of nitrogens with zero attached hydrogens (tertiary/aromatic N) is 2. The first kappa shape index (κ1) is 18.3. The monoisotopic (exact) mass is 374 g/mol. The Bertz CT molecular complexity index is 695. The minimum absolute atomic E-state index is 0. The highest BCUT2D eigenvalue weighted by molar-refractivity contribution is 7.16. The van der Waals surface area contributed by atoms with Crippen LogP contribution in [-0.4, -0.2) is 34.6 Å². The van der Waals surface area contributed by atoms with Gasteiger partial charge in [-0.1, -0.05) is 0 Å². The minimum Gasteiger partial charge on any atom is -0.381 e. The number of carbonyl (C=O) groups excluding carboxylic acids is 1. The average molecular weight is 375 g/mol. The van der Waals surface area contributed by atoms with E-state index in [9.17, 15) is 4.79 Å². The number of nitrogens with one attached hydrogen (secondary N) is 1. The molecule has 1 aliphatic heterocycles. The van der Waals surface area contributed by atoms with E-state index >= 15 is 0 Å². The van der Waals surface area contributed by atoms with Gasteiger partial charge in [0.1, 0.15) is 5.54 Å². The number of hydrogen-bond acceptors (Lipinski definition) is 7. The fourth-order valence-electron chi connectivity index (χ4n) is 2.39. The molecule has 1 saturated heterocycles. The Kier molecular flexibility index (Phi) is 5.74. The van der Waals surface area contributed by atoms with Gasteiger partial charge < -0.3 is 15.8 Å². The summed E-state index contributed by atoms with van der Waals surface area (Å²) in [4.78, 5) is 22.3. The fraction of sp³-hybridized carbons (Fsp3) is 0.500. The molecule has 3 heterocycles. The van der Waals surface area contributed by atoms with Crippen molar-refractivity contribution in [3.8, 4) is 10.6 Å². The van der Waals surface area contributed by atoms with E-state index < -0.39 is 5.54 Å². The molecule has 23 heavy (non-hydrogen) atoms. The summed E-state index contributed by atoms with van der Waals surface area (Å²) in [5.74, 6) is -0.186. The van der Waals surface area contributed by atoms with Crippen LogP contribution in [0.4, 0.5) is 5.13 Å². The van der Waals surface area contributed by atoms with Crippen molar-refractivity contribution in [1.29, 1.82) is 0 Å². The third-order valence-electron chi connectivity index (χ3n) is 3.70. The first-order valence-corrected chi connectivity index (χ1v) is 8.75. The zero-order valence-corrected chi connectivity index (χ0v) is 15.4. The molecule has 0 unspecified atom stereocenters. The van der Waals surface area contributed by atoms with Crippen molar-refractivity contribution in [2.24, 2.45) is 5.73 Å². The third kappa shape index (κ3) is 3.89. The van der Waals surface area contributed by atoms with Crippen LogP contribution in [0.1, 0.15) is 23.5 Å². The van der Waals surface area contributed by atoms with Crippen molar-refractivity contribution >= 4 is 46.1 Å². The number of anilines is 1. The van der Waals surface area contributed by atoms with Crippen LogP contribution >= 0.6 is 35.1 Å². The molecule has 1 fully saturated rings. The van der Waals surface area contributed by atoms with Gasteiger partial charge in [-0.3, -0.25) is 4.79 Å². The summed E-state index contributed by atoms with van der Waals surface area (Å²) < 4.78 is 5.26. The van der Waals surface area contributed by atoms with E-state index in [0.717, 1.165) is 21.3 Å². The number of aryl methyl sites for hydroxylation is 2. The lowest BCUT2D eigenvalue weighted by Crippen LogP contribution is -2.54. The summed E-state index contributed by atoms with van der Waals surface area (Å²) in [5, 5.41) is 6.35. The highest BCUT2D eigenvalue weighted by Crippen LogP contribution is 2.32. The smallest absolute Gasteiger partial charge is 0.246 e. The lowest BCUT2D eigenvalue weighted by Gasteiger charge is -2.31. The number of carbonyl (C=O) groups is 1. The largest absolute Gasteiger partial charge is 0.381 e. The first-order chi connectivity index (χ1) is 10.5. The SMILES string of the molecule is Cc1nc(C)c(-c2csc(NC(=O)C3(N)CCOCC3)n2)s1.Cl. The van der Waals surface area contributed by atoms with Gasteiger partial charge in [0.15, 0.2) is 5.13 Å². The number of rotatable bonds is 3. The number of amides is 1. The predicted octanol–water partition coefficient (Wildman–Crippen LogP) is 2.75. The van der Waals surface area contributed by atoms with E-state index in [1.165, 1.54) is 11.3 Å². The quantitative estimate of drug-likeness (QED) is 0.862. The van der Waals surface area contributed by atoms with Crippen molar-refractivity contribution in [3.63, 3.8) is 0 Å². The Morgan fingerprint density at radius 1 is 1.35 bits per heavy atom. The van der Waals surface area contributed by atoms with Crippen LogP contribution in [-0.2, 0) is 9.53 Å². The maximum atomic E-state index is 12.4. The maximum absolute atomic E-state index is 12.4. The molecule has 126 valence electrons. The number of nitrogens with two attached hydrogens (primary N) is 1. The maximum Gasteiger partial charge on any atom is 0.246 e. The number of hydrogen-bond donors (Lipinski definition) is 2. The Balaban J connectivity index is 0.00000192. The third-order valence-corrected chi connectivity index (χ3v) is 5.55. The molecule has 6 nitrogen and oxygen atoms in total. The number of aromatic nitrogens is 2. The molecule has 0 bridgehead atoms. The van der Waals surface area contributed by atoms with Crippen LogP contribution in [0.2, 0.25) is 0 Å². The van der Waals surface area contributed by atoms with Crippen molar-refractivity contribution in [2.45, 2.75) is 32.2 Å². The van der Waals surface area contributed by atoms with Gasteiger partial charge in [-0.2, -0.15) is 0 Å². The van der Waals surface area contributed by atoms with Gasteiger partial charge in [0.2, 0.25) is 5.91 Å². The van der Waals surface area contributed by atoms with Crippen LogP contribution in [0.3, 0.4) is 0 Å². The van der Waals surface area contributed by atoms with Crippen LogP contribution in [0.25, 0.3) is 10.6 Å². The minimum atomic E-state index is -0.860. The molecule has 0 aliphatic carbocycles. The van der Waals surface area contributed by atoms with E-state index in [4.69, 9.17) is 10.5 Å². The van der Waals surface area contributed by atoms with Gasteiger partial charge in [-0.05, 0) is 26.7 Å². The highest BCUT2D eigenvalue weighted by Gasteiger charge is 2.36. The van der Waals surface area contributed by atoms with Crippen LogP contribution < -0.4 is 11.1 Å². The molecule has 0 aromatic carbocycles. The second-order valence-electron chi connectivity index (χ2n) is 5.41. The Hall–Kier alpha value is -1.06. The summed E-state index contributed by atoms with van der Waals surface area (Å²) in [6.45, 7) is 4.98. The Morgan fingerprint density at radius 3 is 2.65 bits per heavy atom. The topological polar surface area (TPSA) is 90.1 Å². The number of halogens is 1. The molecule has 2 aromatic heterocycles. The summed E-state index contributed by atoms with van der Waals surface area (Å²) in [5.41, 5.74) is 7.12. The summed E-state index contributed by atoms with van der Waals surface area (Å²) in [6, 6.07) is 0. The van der Waals surface area contributed by atoms with Gasteiger partial charge in [-0.15, -0.1) is 35.1 Å². The van der Waals surface area contributed by atoms with E-state index in [1.54, 1.807) is 11.3 Å². The molecular formula is C14H19ClN4O2S2. The molecule has 0 saturated carbocycles. The summed E-state index contributed by atoms with van der Waals surface area (Å²) in [7, 11) is 0. The summed E-state index contributed by atoms with van der Waals surface area (Å²) >= 11 is 3.01. The molecule has 3 N–H and O–H groups in total. The van der Waals surface area contributed by atoms with Crippen molar-refractivity contribution in [3.05, 3.63) is 16.1 Å². The van der Waals surface area contributed by atoms with Crippen molar-refractivity contribution in [2.75, 3.05) is 18.5 Å². The lowest BCUT2D eigenvalue weighted by atomic mass is 9.90. The average Bonchev–Trinajstić information content (AvgIpc) is 3.06. The second-order valence-corrected chi connectivity index (χ2v) is 7.47. The fourth-order valence-corrected chi connectivity index (χ4v) is 4.04. The first-order valence-electron chi connectivity index (χ1n) is 7.06. The van der Waals surface area contributed by atoms with E-state index in [0.29, 0.717) is 31.2 Å². The normalized spacial score (nSPS) is 16.7. The molecule has 0 radical (unpaired) electrons. The zero-order valence-electron chi connectivity index (χ0n) is 12.9. The summed E-state index contributed by atoms with van der Waals surface area (Å²) in [6.07, 6.45) is 1.06. The molecule has 1 amide bonds. The van der Waals surface area contributed by atoms with Crippen molar-refractivity contribution < 1.29 is 9.53 Å². The van der Waals surface area contributed by atoms with Crippen LogP contribution in [0, 0.1) is 13.8 Å². The standard InChI is InChI=1S/C14H18N4O2S2.ClH/c1-8-11(22-9(2)16-8)10-7-21-13(17-10)18-12(19)14(15)3-5-20-6-4-14;/h7H,3-6,15H2,1-2H3,(H,17,18,19);1H. The van der Waals surface area contributed by atoms with Crippen LogP contribution in [0.15, 0.2) is 5.38 Å².